The van der Waals surface area contributed by atoms with Crippen molar-refractivity contribution in [2.45, 2.75) is 18.9 Å². The van der Waals surface area contributed by atoms with Crippen molar-refractivity contribution in [2.24, 2.45) is 0 Å². The standard InChI is InChI=1S/C21H19F2NO3/c22-17-8-6-16(20(23)11-17)7-9-21(25)24-18(12-19-13-26-14-27-19)10-15-4-2-1-3-5-15/h1-9,11,13,18H,10,12,14H2,(H,24,25). The minimum absolute atomic E-state index is 0.140. The summed E-state index contributed by atoms with van der Waals surface area (Å²) in [4.78, 5) is 12.3. The zero-order valence-electron chi connectivity index (χ0n) is 14.5. The Morgan fingerprint density at radius 3 is 2.67 bits per heavy atom. The number of carbonyl (C=O) groups is 1. The fourth-order valence-electron chi connectivity index (χ4n) is 2.74. The quantitative estimate of drug-likeness (QED) is 0.750. The van der Waals surface area contributed by atoms with Gasteiger partial charge in [-0.2, -0.15) is 0 Å². The lowest BCUT2D eigenvalue weighted by Crippen LogP contribution is -2.35. The van der Waals surface area contributed by atoms with Gasteiger partial charge < -0.3 is 14.8 Å². The summed E-state index contributed by atoms with van der Waals surface area (Å²) in [6.07, 6.45) is 5.16. The second-order valence-electron chi connectivity index (χ2n) is 6.11. The Morgan fingerprint density at radius 1 is 1.15 bits per heavy atom. The summed E-state index contributed by atoms with van der Waals surface area (Å²) in [5, 5.41) is 2.89. The molecule has 1 amide bonds. The van der Waals surface area contributed by atoms with Crippen LogP contribution in [0.25, 0.3) is 6.08 Å². The van der Waals surface area contributed by atoms with Crippen LogP contribution in [0.3, 0.4) is 0 Å². The lowest BCUT2D eigenvalue weighted by atomic mass is 10.0. The first-order valence-corrected chi connectivity index (χ1v) is 8.51. The molecule has 0 bridgehead atoms. The molecule has 6 heteroatoms. The van der Waals surface area contributed by atoms with Crippen molar-refractivity contribution >= 4 is 12.0 Å². The van der Waals surface area contributed by atoms with Crippen molar-refractivity contribution in [3.05, 3.63) is 89.4 Å². The van der Waals surface area contributed by atoms with Gasteiger partial charge in [-0.3, -0.25) is 4.79 Å². The first-order valence-electron chi connectivity index (χ1n) is 8.51. The Hall–Kier alpha value is -3.15. The maximum atomic E-state index is 13.7. The lowest BCUT2D eigenvalue weighted by molar-refractivity contribution is -0.117. The van der Waals surface area contributed by atoms with Gasteiger partial charge in [0.25, 0.3) is 0 Å². The molecule has 1 heterocycles. The first kappa shape index (κ1) is 18.6. The number of halogens is 2. The van der Waals surface area contributed by atoms with Crippen LogP contribution in [0.4, 0.5) is 8.78 Å². The second kappa shape index (κ2) is 8.98. The van der Waals surface area contributed by atoms with Crippen molar-refractivity contribution in [3.63, 3.8) is 0 Å². The Labute approximate surface area is 156 Å². The minimum atomic E-state index is -0.721. The van der Waals surface area contributed by atoms with Gasteiger partial charge in [-0.1, -0.05) is 30.3 Å². The van der Waals surface area contributed by atoms with Gasteiger partial charge in [0.05, 0.1) is 0 Å². The third-order valence-electron chi connectivity index (χ3n) is 4.02. The molecule has 1 unspecified atom stereocenters. The van der Waals surface area contributed by atoms with Crippen LogP contribution in [0, 0.1) is 11.6 Å². The highest BCUT2D eigenvalue weighted by molar-refractivity contribution is 5.92. The average molecular weight is 371 g/mol. The van der Waals surface area contributed by atoms with E-state index in [1.807, 2.05) is 30.3 Å². The van der Waals surface area contributed by atoms with Gasteiger partial charge in [0.1, 0.15) is 23.7 Å². The summed E-state index contributed by atoms with van der Waals surface area (Å²) < 4.78 is 37.0. The zero-order valence-corrected chi connectivity index (χ0v) is 14.5. The monoisotopic (exact) mass is 371 g/mol. The second-order valence-corrected chi connectivity index (χ2v) is 6.11. The molecule has 2 aromatic rings. The highest BCUT2D eigenvalue weighted by Crippen LogP contribution is 2.17. The maximum absolute atomic E-state index is 13.7. The molecule has 1 atom stereocenters. The van der Waals surface area contributed by atoms with Crippen LogP contribution in [-0.2, 0) is 20.7 Å². The molecule has 1 N–H and O–H groups in total. The SMILES string of the molecule is O=C(C=Cc1ccc(F)cc1F)NC(CC1=COCO1)Cc1ccccc1. The number of nitrogens with one attached hydrogen (secondary N) is 1. The number of amides is 1. The topological polar surface area (TPSA) is 47.6 Å². The predicted molar refractivity (Wildman–Crippen MR) is 97.2 cm³/mol. The first-order chi connectivity index (χ1) is 13.1. The van der Waals surface area contributed by atoms with Crippen LogP contribution in [-0.4, -0.2) is 18.7 Å². The van der Waals surface area contributed by atoms with E-state index in [4.69, 9.17) is 9.47 Å². The fraction of sp³-hybridized carbons (Fsp3) is 0.190. The number of benzene rings is 2. The molecule has 0 aliphatic carbocycles. The summed E-state index contributed by atoms with van der Waals surface area (Å²) in [7, 11) is 0. The summed E-state index contributed by atoms with van der Waals surface area (Å²) >= 11 is 0. The summed E-state index contributed by atoms with van der Waals surface area (Å²) in [5.74, 6) is -1.10. The largest absolute Gasteiger partial charge is 0.462 e. The van der Waals surface area contributed by atoms with Gasteiger partial charge >= 0.3 is 0 Å². The summed E-state index contributed by atoms with van der Waals surface area (Å²) in [6.45, 7) is 0.172. The van der Waals surface area contributed by atoms with Gasteiger partial charge in [0, 0.05) is 30.2 Å². The maximum Gasteiger partial charge on any atom is 0.244 e. The molecular formula is C21H19F2NO3. The summed E-state index contributed by atoms with van der Waals surface area (Å²) in [5.41, 5.74) is 1.21. The van der Waals surface area contributed by atoms with Gasteiger partial charge in [-0.15, -0.1) is 0 Å². The fourth-order valence-corrected chi connectivity index (χ4v) is 2.74. The minimum Gasteiger partial charge on any atom is -0.462 e. The predicted octanol–water partition coefficient (Wildman–Crippen LogP) is 3.94. The molecule has 0 fully saturated rings. The molecule has 0 saturated carbocycles. The van der Waals surface area contributed by atoms with E-state index < -0.39 is 11.6 Å². The van der Waals surface area contributed by atoms with E-state index in [2.05, 4.69) is 5.32 Å². The van der Waals surface area contributed by atoms with E-state index in [9.17, 15) is 13.6 Å². The smallest absolute Gasteiger partial charge is 0.244 e. The van der Waals surface area contributed by atoms with Crippen molar-refractivity contribution in [1.82, 2.24) is 5.32 Å². The molecule has 1 aliphatic rings. The van der Waals surface area contributed by atoms with Crippen LogP contribution in [0.1, 0.15) is 17.5 Å². The van der Waals surface area contributed by atoms with Gasteiger partial charge in [0.2, 0.25) is 12.7 Å². The van der Waals surface area contributed by atoms with Crippen molar-refractivity contribution in [1.29, 1.82) is 0 Å². The van der Waals surface area contributed by atoms with Crippen molar-refractivity contribution in [3.8, 4) is 0 Å². The van der Waals surface area contributed by atoms with Gasteiger partial charge in [-0.05, 0) is 30.2 Å². The van der Waals surface area contributed by atoms with Crippen molar-refractivity contribution < 1.29 is 23.0 Å². The zero-order chi connectivity index (χ0) is 19.1. The van der Waals surface area contributed by atoms with Crippen LogP contribution in [0.2, 0.25) is 0 Å². The number of rotatable bonds is 7. The Kier molecular flexibility index (Phi) is 6.20. The van der Waals surface area contributed by atoms with Gasteiger partial charge in [0.15, 0.2) is 0 Å². The van der Waals surface area contributed by atoms with E-state index in [1.165, 1.54) is 24.5 Å². The molecule has 140 valence electrons. The molecule has 0 spiro atoms. The highest BCUT2D eigenvalue weighted by atomic mass is 19.1. The van der Waals surface area contributed by atoms with E-state index in [0.29, 0.717) is 18.6 Å². The molecule has 4 nitrogen and oxygen atoms in total. The molecule has 27 heavy (non-hydrogen) atoms. The van der Waals surface area contributed by atoms with Gasteiger partial charge in [-0.25, -0.2) is 8.78 Å². The van der Waals surface area contributed by atoms with Crippen LogP contribution in [0.15, 0.2) is 66.6 Å². The van der Waals surface area contributed by atoms with Crippen LogP contribution in [0.5, 0.6) is 0 Å². The molecule has 0 aromatic heterocycles. The van der Waals surface area contributed by atoms with E-state index in [1.54, 1.807) is 0 Å². The number of carbonyl (C=O) groups excluding carboxylic acids is 1. The molecular weight excluding hydrogens is 352 g/mol. The molecule has 1 aliphatic heterocycles. The number of hydrogen-bond acceptors (Lipinski definition) is 3. The van der Waals surface area contributed by atoms with E-state index in [-0.39, 0.29) is 24.3 Å². The van der Waals surface area contributed by atoms with Crippen LogP contribution >= 0.6 is 0 Å². The highest BCUT2D eigenvalue weighted by Gasteiger charge is 2.17. The molecule has 0 radical (unpaired) electrons. The third kappa shape index (κ3) is 5.67. The summed E-state index contributed by atoms with van der Waals surface area (Å²) in [6, 6.07) is 12.7. The molecule has 0 saturated heterocycles. The number of hydrogen-bond donors (Lipinski definition) is 1. The Bertz CT molecular complexity index is 850. The van der Waals surface area contributed by atoms with Crippen LogP contribution < -0.4 is 5.32 Å². The molecule has 3 rings (SSSR count). The van der Waals surface area contributed by atoms with E-state index >= 15 is 0 Å². The van der Waals surface area contributed by atoms with Crippen molar-refractivity contribution in [2.75, 3.05) is 6.79 Å². The number of ether oxygens (including phenoxy) is 2. The lowest BCUT2D eigenvalue weighted by Gasteiger charge is -2.18. The van der Waals surface area contributed by atoms with E-state index in [0.717, 1.165) is 17.7 Å². The normalized spacial score (nSPS) is 14.4. The Balaban J connectivity index is 1.66. The average Bonchev–Trinajstić information content (AvgIpc) is 3.15. The third-order valence-corrected chi connectivity index (χ3v) is 4.02. The molecule has 2 aromatic carbocycles. The Morgan fingerprint density at radius 2 is 1.96 bits per heavy atom.